The molecule has 0 aliphatic carbocycles. The monoisotopic (exact) mass is 226 g/mol. The summed E-state index contributed by atoms with van der Waals surface area (Å²) in [5.41, 5.74) is 6.74. The van der Waals surface area contributed by atoms with Gasteiger partial charge in [-0.3, -0.25) is 10.1 Å². The van der Waals surface area contributed by atoms with Crippen LogP contribution in [-0.4, -0.2) is 39.5 Å². The minimum Gasteiger partial charge on any atom is -0.348 e. The molecular weight excluding hydrogens is 212 g/mol. The summed E-state index contributed by atoms with van der Waals surface area (Å²) in [5.74, 6) is 1.06. The van der Waals surface area contributed by atoms with Crippen LogP contribution in [0, 0.1) is 0 Å². The minimum absolute atomic E-state index is 0.0760. The molecule has 0 bridgehead atoms. The Bertz CT molecular complexity index is 321. The SMILES string of the molecule is N[C@@H](Cc1cnc[nH]1)C(=O)C1NCCS1. The van der Waals surface area contributed by atoms with Gasteiger partial charge in [-0.25, -0.2) is 4.98 Å². The molecule has 2 atom stereocenters. The van der Waals surface area contributed by atoms with Crippen LogP contribution < -0.4 is 11.1 Å². The Morgan fingerprint density at radius 1 is 1.80 bits per heavy atom. The third-order valence-electron chi connectivity index (χ3n) is 2.33. The molecule has 1 aliphatic rings. The van der Waals surface area contributed by atoms with Gasteiger partial charge in [0.25, 0.3) is 0 Å². The topological polar surface area (TPSA) is 83.8 Å². The second-order valence-corrected chi connectivity index (χ2v) is 4.71. The van der Waals surface area contributed by atoms with Gasteiger partial charge in [0.15, 0.2) is 5.78 Å². The highest BCUT2D eigenvalue weighted by Gasteiger charge is 2.27. The number of hydrogen-bond acceptors (Lipinski definition) is 5. The summed E-state index contributed by atoms with van der Waals surface area (Å²) < 4.78 is 0. The minimum atomic E-state index is -0.450. The van der Waals surface area contributed by atoms with E-state index < -0.39 is 6.04 Å². The Morgan fingerprint density at radius 3 is 3.27 bits per heavy atom. The molecule has 1 saturated heterocycles. The summed E-state index contributed by atoms with van der Waals surface area (Å²) in [7, 11) is 0. The van der Waals surface area contributed by atoms with Gasteiger partial charge in [-0.2, -0.15) is 0 Å². The molecule has 0 spiro atoms. The number of aromatic amines is 1. The smallest absolute Gasteiger partial charge is 0.176 e. The molecule has 82 valence electrons. The molecule has 2 rings (SSSR count). The van der Waals surface area contributed by atoms with E-state index in [4.69, 9.17) is 5.73 Å². The molecule has 2 heterocycles. The number of carbonyl (C=O) groups is 1. The average Bonchev–Trinajstić information content (AvgIpc) is 2.88. The van der Waals surface area contributed by atoms with Crippen molar-refractivity contribution in [3.05, 3.63) is 18.2 Å². The molecule has 0 saturated carbocycles. The van der Waals surface area contributed by atoms with Crippen LogP contribution in [0.3, 0.4) is 0 Å². The maximum Gasteiger partial charge on any atom is 0.176 e. The van der Waals surface area contributed by atoms with E-state index in [1.807, 2.05) is 0 Å². The molecule has 0 radical (unpaired) electrons. The van der Waals surface area contributed by atoms with Crippen LogP contribution >= 0.6 is 11.8 Å². The lowest BCUT2D eigenvalue weighted by atomic mass is 10.1. The first-order valence-corrected chi connectivity index (χ1v) is 5.94. The van der Waals surface area contributed by atoms with Gasteiger partial charge in [-0.15, -0.1) is 11.8 Å². The summed E-state index contributed by atoms with van der Waals surface area (Å²) in [4.78, 5) is 18.7. The maximum atomic E-state index is 11.8. The number of carbonyl (C=O) groups excluding carboxylic acids is 1. The molecule has 4 N–H and O–H groups in total. The third kappa shape index (κ3) is 2.58. The normalized spacial score (nSPS) is 22.9. The van der Waals surface area contributed by atoms with Crippen LogP contribution in [0.25, 0.3) is 0 Å². The van der Waals surface area contributed by atoms with E-state index in [1.165, 1.54) is 0 Å². The number of thioether (sulfide) groups is 1. The average molecular weight is 226 g/mol. The van der Waals surface area contributed by atoms with Crippen molar-refractivity contribution in [1.82, 2.24) is 15.3 Å². The largest absolute Gasteiger partial charge is 0.348 e. The van der Waals surface area contributed by atoms with Crippen molar-refractivity contribution in [2.75, 3.05) is 12.3 Å². The molecule has 1 aromatic rings. The van der Waals surface area contributed by atoms with Crippen molar-refractivity contribution in [3.63, 3.8) is 0 Å². The molecule has 5 nitrogen and oxygen atoms in total. The van der Waals surface area contributed by atoms with Crippen molar-refractivity contribution >= 4 is 17.5 Å². The Kier molecular flexibility index (Phi) is 3.40. The molecule has 15 heavy (non-hydrogen) atoms. The lowest BCUT2D eigenvalue weighted by molar-refractivity contribution is -0.120. The zero-order chi connectivity index (χ0) is 10.7. The standard InChI is InChI=1S/C9H14N4OS/c10-7(3-6-4-11-5-13-6)8(14)9-12-1-2-15-9/h4-5,7,9,12H,1-3,10H2,(H,11,13)/t7-,9?/m0/s1. The van der Waals surface area contributed by atoms with Crippen molar-refractivity contribution < 1.29 is 4.79 Å². The molecule has 1 aliphatic heterocycles. The first kappa shape index (κ1) is 10.7. The first-order valence-electron chi connectivity index (χ1n) is 4.89. The maximum absolute atomic E-state index is 11.8. The van der Waals surface area contributed by atoms with E-state index in [9.17, 15) is 4.79 Å². The van der Waals surface area contributed by atoms with E-state index >= 15 is 0 Å². The number of H-pyrrole nitrogens is 1. The molecule has 0 aromatic carbocycles. The predicted molar refractivity (Wildman–Crippen MR) is 59.5 cm³/mol. The van der Waals surface area contributed by atoms with Gasteiger partial charge in [0.1, 0.15) is 5.37 Å². The summed E-state index contributed by atoms with van der Waals surface area (Å²) >= 11 is 1.62. The lowest BCUT2D eigenvalue weighted by Gasteiger charge is -2.14. The number of ketones is 1. The molecule has 6 heteroatoms. The van der Waals surface area contributed by atoms with Gasteiger partial charge in [0.2, 0.25) is 0 Å². The zero-order valence-electron chi connectivity index (χ0n) is 8.27. The number of Topliss-reactive ketones (excluding diaryl/α,β-unsaturated/α-hetero) is 1. The van der Waals surface area contributed by atoms with Crippen LogP contribution in [0.15, 0.2) is 12.5 Å². The molecule has 1 fully saturated rings. The summed E-state index contributed by atoms with van der Waals surface area (Å²) in [6.07, 6.45) is 3.81. The number of nitrogens with one attached hydrogen (secondary N) is 2. The molecule has 1 unspecified atom stereocenters. The number of imidazole rings is 1. The fourth-order valence-electron chi connectivity index (χ4n) is 1.54. The highest BCUT2D eigenvalue weighted by Crippen LogP contribution is 2.16. The van der Waals surface area contributed by atoms with Gasteiger partial charge in [-0.05, 0) is 0 Å². The number of nitrogens with two attached hydrogens (primary N) is 1. The molecule has 1 aromatic heterocycles. The second-order valence-electron chi connectivity index (χ2n) is 3.49. The van der Waals surface area contributed by atoms with Crippen molar-refractivity contribution in [1.29, 1.82) is 0 Å². The summed E-state index contributed by atoms with van der Waals surface area (Å²) in [6, 6.07) is -0.450. The van der Waals surface area contributed by atoms with E-state index in [-0.39, 0.29) is 11.2 Å². The highest BCUT2D eigenvalue weighted by atomic mass is 32.2. The predicted octanol–water partition coefficient (Wildman–Crippen LogP) is -0.489. The zero-order valence-corrected chi connectivity index (χ0v) is 9.09. The van der Waals surface area contributed by atoms with Crippen LogP contribution in [0.1, 0.15) is 5.69 Å². The van der Waals surface area contributed by atoms with Crippen LogP contribution in [0.4, 0.5) is 0 Å². The quantitative estimate of drug-likeness (QED) is 0.645. The number of aromatic nitrogens is 2. The van der Waals surface area contributed by atoms with Crippen LogP contribution in [-0.2, 0) is 11.2 Å². The number of nitrogens with zero attached hydrogens (tertiary/aromatic N) is 1. The number of rotatable bonds is 4. The lowest BCUT2D eigenvalue weighted by Crippen LogP contribution is -2.43. The Labute approximate surface area is 92.2 Å². The van der Waals surface area contributed by atoms with Gasteiger partial charge >= 0.3 is 0 Å². The van der Waals surface area contributed by atoms with Crippen molar-refractivity contribution in [3.8, 4) is 0 Å². The first-order chi connectivity index (χ1) is 7.27. The van der Waals surface area contributed by atoms with Gasteiger partial charge < -0.3 is 10.7 Å². The van der Waals surface area contributed by atoms with E-state index in [0.717, 1.165) is 18.0 Å². The summed E-state index contributed by atoms with van der Waals surface area (Å²) in [6.45, 7) is 0.887. The van der Waals surface area contributed by atoms with Gasteiger partial charge in [0, 0.05) is 30.6 Å². The fraction of sp³-hybridized carbons (Fsp3) is 0.556. The van der Waals surface area contributed by atoms with E-state index in [0.29, 0.717) is 6.42 Å². The Morgan fingerprint density at radius 2 is 2.67 bits per heavy atom. The van der Waals surface area contributed by atoms with Gasteiger partial charge in [0.05, 0.1) is 12.4 Å². The molecule has 0 amide bonds. The highest BCUT2D eigenvalue weighted by molar-refractivity contribution is 8.00. The Hall–Kier alpha value is -0.850. The van der Waals surface area contributed by atoms with E-state index in [1.54, 1.807) is 24.3 Å². The number of hydrogen-bond donors (Lipinski definition) is 3. The summed E-state index contributed by atoms with van der Waals surface area (Å²) in [5, 5.41) is 3.00. The van der Waals surface area contributed by atoms with Crippen molar-refractivity contribution in [2.24, 2.45) is 5.73 Å². The van der Waals surface area contributed by atoms with Gasteiger partial charge in [-0.1, -0.05) is 0 Å². The van der Waals surface area contributed by atoms with E-state index in [2.05, 4.69) is 15.3 Å². The van der Waals surface area contributed by atoms with Crippen molar-refractivity contribution in [2.45, 2.75) is 17.8 Å². The third-order valence-corrected chi connectivity index (χ3v) is 3.51. The second kappa shape index (κ2) is 4.78. The fourth-order valence-corrected chi connectivity index (χ4v) is 2.58. The Balaban J connectivity index is 1.89. The van der Waals surface area contributed by atoms with Crippen LogP contribution in [0.5, 0.6) is 0 Å². The van der Waals surface area contributed by atoms with Crippen LogP contribution in [0.2, 0.25) is 0 Å². The molecular formula is C9H14N4OS.